The average molecular weight is 321 g/mol. The van der Waals surface area contributed by atoms with Gasteiger partial charge in [0.15, 0.2) is 0 Å². The number of pyridine rings is 1. The molecule has 0 N–H and O–H groups in total. The lowest BCUT2D eigenvalue weighted by Crippen LogP contribution is -2.03. The molecule has 0 saturated heterocycles. The van der Waals surface area contributed by atoms with E-state index >= 15 is 0 Å². The summed E-state index contributed by atoms with van der Waals surface area (Å²) in [5.41, 5.74) is 2.46. The normalized spacial score (nSPS) is 11.0. The lowest BCUT2D eigenvalue weighted by atomic mass is 10.1. The predicted molar refractivity (Wildman–Crippen MR) is 84.8 cm³/mol. The van der Waals surface area contributed by atoms with E-state index in [0.717, 1.165) is 27.2 Å². The molecule has 21 heavy (non-hydrogen) atoms. The van der Waals surface area contributed by atoms with Crippen LogP contribution in [0.1, 0.15) is 20.9 Å². The van der Waals surface area contributed by atoms with Gasteiger partial charge in [0.1, 0.15) is 9.71 Å². The number of aryl methyl sites for hydroxylation is 2. The lowest BCUT2D eigenvalue weighted by molar-refractivity contribution is 0.0606. The summed E-state index contributed by atoms with van der Waals surface area (Å²) >= 11 is 7.66. The highest BCUT2D eigenvalue weighted by Crippen LogP contribution is 2.38. The molecule has 0 fully saturated rings. The first-order chi connectivity index (χ1) is 10.0. The Morgan fingerprint density at radius 1 is 1.33 bits per heavy atom. The maximum atomic E-state index is 12.1. The smallest absolute Gasteiger partial charge is 0.350 e. The number of aromatic nitrogens is 2. The maximum absolute atomic E-state index is 12.1. The van der Waals surface area contributed by atoms with Gasteiger partial charge in [0.2, 0.25) is 0 Å². The van der Waals surface area contributed by atoms with Crippen LogP contribution in [-0.4, -0.2) is 22.6 Å². The first-order valence-corrected chi connectivity index (χ1v) is 7.55. The van der Waals surface area contributed by atoms with Crippen LogP contribution in [0.3, 0.4) is 0 Å². The first kappa shape index (κ1) is 14.1. The van der Waals surface area contributed by atoms with Crippen molar-refractivity contribution in [2.75, 3.05) is 7.11 Å². The molecule has 0 aliphatic rings. The van der Waals surface area contributed by atoms with Crippen LogP contribution < -0.4 is 0 Å². The molecule has 3 rings (SSSR count). The number of esters is 1. The van der Waals surface area contributed by atoms with Crippen LogP contribution in [0, 0.1) is 13.8 Å². The SMILES string of the molecule is COC(=O)c1sc2nc(C)c(Cl)c(C)c2c1-n1cccc1. The third-order valence-corrected chi connectivity index (χ3v) is 5.00. The molecule has 0 amide bonds. The summed E-state index contributed by atoms with van der Waals surface area (Å²) in [6.45, 7) is 3.81. The number of hydrogen-bond acceptors (Lipinski definition) is 4. The van der Waals surface area contributed by atoms with Crippen molar-refractivity contribution < 1.29 is 9.53 Å². The topological polar surface area (TPSA) is 44.1 Å². The summed E-state index contributed by atoms with van der Waals surface area (Å²) in [5, 5.41) is 1.53. The number of methoxy groups -OCH3 is 1. The van der Waals surface area contributed by atoms with Crippen molar-refractivity contribution in [2.24, 2.45) is 0 Å². The molecule has 3 aromatic heterocycles. The third kappa shape index (κ3) is 2.13. The van der Waals surface area contributed by atoms with E-state index in [4.69, 9.17) is 16.3 Å². The number of nitrogens with zero attached hydrogens (tertiary/aromatic N) is 2. The number of carbonyl (C=O) groups is 1. The van der Waals surface area contributed by atoms with Gasteiger partial charge < -0.3 is 9.30 Å². The van der Waals surface area contributed by atoms with Crippen LogP contribution in [0.4, 0.5) is 0 Å². The molecule has 0 spiro atoms. The van der Waals surface area contributed by atoms with Crippen molar-refractivity contribution in [3.63, 3.8) is 0 Å². The highest BCUT2D eigenvalue weighted by molar-refractivity contribution is 7.21. The third-order valence-electron chi connectivity index (χ3n) is 3.39. The summed E-state index contributed by atoms with van der Waals surface area (Å²) < 4.78 is 6.80. The predicted octanol–water partition coefficient (Wildman–Crippen LogP) is 4.14. The van der Waals surface area contributed by atoms with E-state index < -0.39 is 0 Å². The molecule has 0 aliphatic heterocycles. The van der Waals surface area contributed by atoms with E-state index in [-0.39, 0.29) is 5.97 Å². The van der Waals surface area contributed by atoms with Crippen molar-refractivity contribution in [3.8, 4) is 5.69 Å². The van der Waals surface area contributed by atoms with E-state index in [9.17, 15) is 4.79 Å². The second-order valence-electron chi connectivity index (χ2n) is 4.68. The fraction of sp³-hybridized carbons (Fsp3) is 0.200. The Balaban J connectivity index is 2.45. The van der Waals surface area contributed by atoms with Crippen molar-refractivity contribution in [1.82, 2.24) is 9.55 Å². The van der Waals surface area contributed by atoms with Crippen LogP contribution in [0.15, 0.2) is 24.5 Å². The van der Waals surface area contributed by atoms with E-state index in [1.165, 1.54) is 18.4 Å². The Labute approximate surface area is 130 Å². The zero-order valence-corrected chi connectivity index (χ0v) is 13.4. The molecule has 0 atom stereocenters. The van der Waals surface area contributed by atoms with Crippen molar-refractivity contribution >= 4 is 39.1 Å². The molecule has 0 aliphatic carbocycles. The standard InChI is InChI=1S/C15H13ClN2O2S/c1-8-10-12(18-6-4-5-7-18)13(15(19)20-3)21-14(10)17-9(2)11(8)16/h4-7H,1-3H3. The molecule has 0 radical (unpaired) electrons. The zero-order valence-electron chi connectivity index (χ0n) is 11.8. The molecule has 3 heterocycles. The molecule has 6 heteroatoms. The highest BCUT2D eigenvalue weighted by Gasteiger charge is 2.23. The Kier molecular flexibility index (Phi) is 3.47. The Hall–Kier alpha value is -1.85. The molecular weight excluding hydrogens is 308 g/mol. The number of ether oxygens (including phenoxy) is 1. The number of carbonyl (C=O) groups excluding carboxylic acids is 1. The molecule has 0 saturated carbocycles. The van der Waals surface area contributed by atoms with E-state index in [0.29, 0.717) is 9.90 Å². The van der Waals surface area contributed by atoms with Gasteiger partial charge in [-0.1, -0.05) is 11.6 Å². The van der Waals surface area contributed by atoms with Gasteiger partial charge in [0.05, 0.1) is 23.5 Å². The van der Waals surface area contributed by atoms with Crippen molar-refractivity contribution in [1.29, 1.82) is 0 Å². The highest BCUT2D eigenvalue weighted by atomic mass is 35.5. The fourth-order valence-corrected chi connectivity index (χ4v) is 3.71. The fourth-order valence-electron chi connectivity index (χ4n) is 2.37. The van der Waals surface area contributed by atoms with E-state index in [2.05, 4.69) is 4.98 Å². The monoisotopic (exact) mass is 320 g/mol. The van der Waals surface area contributed by atoms with Crippen LogP contribution >= 0.6 is 22.9 Å². The summed E-state index contributed by atoms with van der Waals surface area (Å²) in [4.78, 5) is 17.9. The number of rotatable bonds is 2. The van der Waals surface area contributed by atoms with Gasteiger partial charge in [-0.25, -0.2) is 9.78 Å². The summed E-state index contributed by atoms with van der Waals surface area (Å²) in [6.07, 6.45) is 3.78. The van der Waals surface area contributed by atoms with Gasteiger partial charge in [-0.2, -0.15) is 0 Å². The molecule has 0 unspecified atom stereocenters. The average Bonchev–Trinajstić information content (AvgIpc) is 3.10. The van der Waals surface area contributed by atoms with Crippen LogP contribution in [0.2, 0.25) is 5.02 Å². The minimum atomic E-state index is -0.366. The van der Waals surface area contributed by atoms with Crippen LogP contribution in [0.5, 0.6) is 0 Å². The van der Waals surface area contributed by atoms with Gasteiger partial charge in [0.25, 0.3) is 0 Å². The summed E-state index contributed by atoms with van der Waals surface area (Å²) in [5.74, 6) is -0.366. The van der Waals surface area contributed by atoms with Gasteiger partial charge in [-0.15, -0.1) is 11.3 Å². The number of fused-ring (bicyclic) bond motifs is 1. The minimum absolute atomic E-state index is 0.366. The number of halogens is 1. The first-order valence-electron chi connectivity index (χ1n) is 6.35. The Bertz CT molecular complexity index is 837. The minimum Gasteiger partial charge on any atom is -0.465 e. The zero-order chi connectivity index (χ0) is 15.1. The molecule has 3 aromatic rings. The lowest BCUT2D eigenvalue weighted by Gasteiger charge is -2.08. The molecule has 108 valence electrons. The van der Waals surface area contributed by atoms with Crippen molar-refractivity contribution in [2.45, 2.75) is 13.8 Å². The van der Waals surface area contributed by atoms with Gasteiger partial charge in [0, 0.05) is 17.8 Å². The van der Waals surface area contributed by atoms with Gasteiger partial charge in [-0.05, 0) is 31.5 Å². The van der Waals surface area contributed by atoms with Gasteiger partial charge >= 0.3 is 5.97 Å². The Morgan fingerprint density at radius 2 is 2.00 bits per heavy atom. The van der Waals surface area contributed by atoms with E-state index in [1.54, 1.807) is 0 Å². The van der Waals surface area contributed by atoms with E-state index in [1.807, 2.05) is 42.9 Å². The maximum Gasteiger partial charge on any atom is 0.350 e. The second-order valence-corrected chi connectivity index (χ2v) is 6.06. The van der Waals surface area contributed by atoms with Crippen LogP contribution in [-0.2, 0) is 4.74 Å². The van der Waals surface area contributed by atoms with Gasteiger partial charge in [-0.3, -0.25) is 0 Å². The number of hydrogen-bond donors (Lipinski definition) is 0. The largest absolute Gasteiger partial charge is 0.465 e. The summed E-state index contributed by atoms with van der Waals surface area (Å²) in [7, 11) is 1.38. The van der Waals surface area contributed by atoms with Crippen molar-refractivity contribution in [3.05, 3.63) is 45.7 Å². The molecule has 0 bridgehead atoms. The summed E-state index contributed by atoms with van der Waals surface area (Å²) in [6, 6.07) is 3.81. The molecule has 0 aromatic carbocycles. The Morgan fingerprint density at radius 3 is 2.62 bits per heavy atom. The molecular formula is C15H13ClN2O2S. The second kappa shape index (κ2) is 5.16. The number of thiophene rings is 1. The molecule has 4 nitrogen and oxygen atoms in total. The van der Waals surface area contributed by atoms with Crippen LogP contribution in [0.25, 0.3) is 15.9 Å². The quantitative estimate of drug-likeness (QED) is 0.666.